The first kappa shape index (κ1) is 15.9. The summed E-state index contributed by atoms with van der Waals surface area (Å²) in [6.45, 7) is 3.25. The van der Waals surface area contributed by atoms with Crippen molar-refractivity contribution in [3.05, 3.63) is 69.7 Å². The molecule has 110 valence electrons. The number of carbonyl (C=O) groups is 1. The van der Waals surface area contributed by atoms with Crippen LogP contribution in [0.1, 0.15) is 22.8 Å². The Morgan fingerprint density at radius 1 is 1.05 bits per heavy atom. The molecule has 2 aromatic carbocycles. The number of carbonyl (C=O) groups excluding carboxylic acids is 1. The third-order valence-electron chi connectivity index (χ3n) is 3.36. The summed E-state index contributed by atoms with van der Waals surface area (Å²) in [5, 5.41) is 0.726. The maximum Gasteiger partial charge on any atom is 0.255 e. The van der Waals surface area contributed by atoms with Crippen LogP contribution in [0.5, 0.6) is 0 Å². The molecule has 0 aliphatic carbocycles. The molecule has 21 heavy (non-hydrogen) atoms. The maximum absolute atomic E-state index is 12.6. The number of amides is 1. The van der Waals surface area contributed by atoms with Crippen LogP contribution in [0.3, 0.4) is 0 Å². The number of benzene rings is 2. The monoisotopic (exact) mass is 321 g/mol. The molecular weight excluding hydrogens is 305 g/mol. The van der Waals surface area contributed by atoms with Crippen molar-refractivity contribution in [1.82, 2.24) is 4.90 Å². The van der Waals surface area contributed by atoms with Crippen LogP contribution in [-0.4, -0.2) is 23.9 Å². The molecule has 0 bridgehead atoms. The van der Waals surface area contributed by atoms with Gasteiger partial charge in [0.05, 0.1) is 15.6 Å². The summed E-state index contributed by atoms with van der Waals surface area (Å²) in [6, 6.07) is 15.2. The van der Waals surface area contributed by atoms with Gasteiger partial charge in [0.15, 0.2) is 0 Å². The van der Waals surface area contributed by atoms with Crippen molar-refractivity contribution in [3.63, 3.8) is 0 Å². The number of rotatable bonds is 5. The molecular formula is C17H17Cl2NO. The summed E-state index contributed by atoms with van der Waals surface area (Å²) in [5.41, 5.74) is 1.67. The van der Waals surface area contributed by atoms with Crippen molar-refractivity contribution in [2.24, 2.45) is 0 Å². The Morgan fingerprint density at radius 2 is 1.76 bits per heavy atom. The standard InChI is InChI=1S/C17H17Cl2NO/c1-2-20(12-11-13-7-4-3-5-8-13)17(21)14-9-6-10-15(18)16(14)19/h3-10H,2,11-12H2,1H3. The predicted molar refractivity (Wildman–Crippen MR) is 88.2 cm³/mol. The van der Waals surface area contributed by atoms with E-state index in [4.69, 9.17) is 23.2 Å². The molecule has 0 radical (unpaired) electrons. The van der Waals surface area contributed by atoms with Gasteiger partial charge in [0.25, 0.3) is 5.91 Å². The number of hydrogen-bond donors (Lipinski definition) is 0. The topological polar surface area (TPSA) is 20.3 Å². The van der Waals surface area contributed by atoms with E-state index in [0.717, 1.165) is 6.42 Å². The first-order chi connectivity index (χ1) is 10.1. The number of hydrogen-bond acceptors (Lipinski definition) is 1. The van der Waals surface area contributed by atoms with Gasteiger partial charge in [0.2, 0.25) is 0 Å². The predicted octanol–water partition coefficient (Wildman–Crippen LogP) is 4.70. The van der Waals surface area contributed by atoms with Crippen molar-refractivity contribution in [2.75, 3.05) is 13.1 Å². The number of nitrogens with zero attached hydrogens (tertiary/aromatic N) is 1. The van der Waals surface area contributed by atoms with E-state index in [1.165, 1.54) is 5.56 Å². The Kier molecular flexibility index (Phi) is 5.66. The molecule has 0 fully saturated rings. The van der Waals surface area contributed by atoms with Crippen molar-refractivity contribution in [3.8, 4) is 0 Å². The maximum atomic E-state index is 12.6. The van der Waals surface area contributed by atoms with Gasteiger partial charge in [-0.3, -0.25) is 4.79 Å². The molecule has 0 saturated carbocycles. The zero-order valence-corrected chi connectivity index (χ0v) is 13.4. The highest BCUT2D eigenvalue weighted by atomic mass is 35.5. The molecule has 0 atom stereocenters. The zero-order chi connectivity index (χ0) is 15.2. The smallest absolute Gasteiger partial charge is 0.255 e. The fourth-order valence-electron chi connectivity index (χ4n) is 2.15. The highest BCUT2D eigenvalue weighted by Gasteiger charge is 2.18. The molecule has 0 N–H and O–H groups in total. The van der Waals surface area contributed by atoms with E-state index in [0.29, 0.717) is 28.7 Å². The van der Waals surface area contributed by atoms with E-state index < -0.39 is 0 Å². The molecule has 2 aromatic rings. The van der Waals surface area contributed by atoms with Gasteiger partial charge < -0.3 is 4.90 Å². The molecule has 0 heterocycles. The summed E-state index contributed by atoms with van der Waals surface area (Å²) in [7, 11) is 0. The van der Waals surface area contributed by atoms with Crippen molar-refractivity contribution in [1.29, 1.82) is 0 Å². The summed E-state index contributed by atoms with van der Waals surface area (Å²) < 4.78 is 0. The van der Waals surface area contributed by atoms with Gasteiger partial charge in [-0.15, -0.1) is 0 Å². The second-order valence-corrected chi connectivity index (χ2v) is 5.51. The van der Waals surface area contributed by atoms with Crippen LogP contribution in [0.25, 0.3) is 0 Å². The fourth-order valence-corrected chi connectivity index (χ4v) is 2.53. The van der Waals surface area contributed by atoms with E-state index in [2.05, 4.69) is 12.1 Å². The lowest BCUT2D eigenvalue weighted by Gasteiger charge is -2.21. The number of halogens is 2. The van der Waals surface area contributed by atoms with E-state index in [1.54, 1.807) is 23.1 Å². The van der Waals surface area contributed by atoms with Crippen LogP contribution in [0, 0.1) is 0 Å². The highest BCUT2D eigenvalue weighted by molar-refractivity contribution is 6.43. The minimum Gasteiger partial charge on any atom is -0.339 e. The molecule has 0 unspecified atom stereocenters. The van der Waals surface area contributed by atoms with E-state index in [-0.39, 0.29) is 5.91 Å². The summed E-state index contributed by atoms with van der Waals surface area (Å²) in [6.07, 6.45) is 0.818. The van der Waals surface area contributed by atoms with Gasteiger partial charge in [0.1, 0.15) is 0 Å². The van der Waals surface area contributed by atoms with E-state index >= 15 is 0 Å². The summed E-state index contributed by atoms with van der Waals surface area (Å²) in [4.78, 5) is 14.3. The Bertz CT molecular complexity index is 613. The Morgan fingerprint density at radius 3 is 2.43 bits per heavy atom. The van der Waals surface area contributed by atoms with Gasteiger partial charge in [-0.2, -0.15) is 0 Å². The van der Waals surface area contributed by atoms with Gasteiger partial charge in [-0.05, 0) is 31.0 Å². The molecule has 0 aliphatic heterocycles. The average Bonchev–Trinajstić information content (AvgIpc) is 2.51. The molecule has 4 heteroatoms. The zero-order valence-electron chi connectivity index (χ0n) is 11.9. The van der Waals surface area contributed by atoms with Crippen LogP contribution in [-0.2, 0) is 6.42 Å². The Hall–Kier alpha value is -1.51. The third-order valence-corrected chi connectivity index (χ3v) is 4.18. The molecule has 0 aliphatic rings. The average molecular weight is 322 g/mol. The second kappa shape index (κ2) is 7.48. The minimum atomic E-state index is -0.0825. The van der Waals surface area contributed by atoms with Crippen molar-refractivity contribution >= 4 is 29.1 Å². The van der Waals surface area contributed by atoms with Crippen LogP contribution >= 0.6 is 23.2 Å². The van der Waals surface area contributed by atoms with E-state index in [9.17, 15) is 4.79 Å². The summed E-state index contributed by atoms with van der Waals surface area (Å²) >= 11 is 12.1. The molecule has 1 amide bonds. The first-order valence-corrected chi connectivity index (χ1v) is 7.66. The molecule has 0 aromatic heterocycles. The SMILES string of the molecule is CCN(CCc1ccccc1)C(=O)c1cccc(Cl)c1Cl. The second-order valence-electron chi connectivity index (χ2n) is 4.72. The highest BCUT2D eigenvalue weighted by Crippen LogP contribution is 2.26. The Balaban J connectivity index is 2.10. The lowest BCUT2D eigenvalue weighted by atomic mass is 10.1. The van der Waals surface area contributed by atoms with Crippen molar-refractivity contribution < 1.29 is 4.79 Å². The lowest BCUT2D eigenvalue weighted by Crippen LogP contribution is -2.33. The fraction of sp³-hybridized carbons (Fsp3) is 0.235. The Labute approximate surface area is 135 Å². The lowest BCUT2D eigenvalue weighted by molar-refractivity contribution is 0.0766. The van der Waals surface area contributed by atoms with E-state index in [1.807, 2.05) is 25.1 Å². The van der Waals surface area contributed by atoms with Crippen LogP contribution < -0.4 is 0 Å². The quantitative estimate of drug-likeness (QED) is 0.781. The molecule has 2 nitrogen and oxygen atoms in total. The first-order valence-electron chi connectivity index (χ1n) is 6.90. The molecule has 2 rings (SSSR count). The molecule has 0 spiro atoms. The minimum absolute atomic E-state index is 0.0825. The van der Waals surface area contributed by atoms with Crippen LogP contribution in [0.15, 0.2) is 48.5 Å². The number of likely N-dealkylation sites (N-methyl/N-ethyl adjacent to an activating group) is 1. The van der Waals surface area contributed by atoms with Crippen molar-refractivity contribution in [2.45, 2.75) is 13.3 Å². The van der Waals surface area contributed by atoms with Crippen LogP contribution in [0.4, 0.5) is 0 Å². The third kappa shape index (κ3) is 3.99. The largest absolute Gasteiger partial charge is 0.339 e. The van der Waals surface area contributed by atoms with Gasteiger partial charge in [-0.1, -0.05) is 59.6 Å². The molecule has 0 saturated heterocycles. The van der Waals surface area contributed by atoms with Gasteiger partial charge >= 0.3 is 0 Å². The normalized spacial score (nSPS) is 10.4. The summed E-state index contributed by atoms with van der Waals surface area (Å²) in [5.74, 6) is -0.0825. The van der Waals surface area contributed by atoms with Gasteiger partial charge in [-0.25, -0.2) is 0 Å². The van der Waals surface area contributed by atoms with Gasteiger partial charge in [0, 0.05) is 13.1 Å². The van der Waals surface area contributed by atoms with Crippen LogP contribution in [0.2, 0.25) is 10.0 Å².